The predicted octanol–water partition coefficient (Wildman–Crippen LogP) is 3.01. The van der Waals surface area contributed by atoms with Gasteiger partial charge in [0.25, 0.3) is 11.6 Å². The van der Waals surface area contributed by atoms with E-state index in [-0.39, 0.29) is 28.2 Å². The van der Waals surface area contributed by atoms with Crippen LogP contribution in [0.2, 0.25) is 5.02 Å². The van der Waals surface area contributed by atoms with Crippen LogP contribution in [0.3, 0.4) is 0 Å². The number of carbonyl (C=O) groups excluding carboxylic acids is 2. The average molecular weight is 404 g/mol. The summed E-state index contributed by atoms with van der Waals surface area (Å²) in [6.07, 6.45) is 0.618. The fourth-order valence-corrected chi connectivity index (χ4v) is 3.11. The molecule has 0 saturated heterocycles. The van der Waals surface area contributed by atoms with Gasteiger partial charge >= 0.3 is 0 Å². The SMILES string of the molecule is C[C@H](NC(=O)c1ccc(Cl)c([N+](=O)[O-])c1)C(=O)N[C@H]1CCOc2ccccc21. The van der Waals surface area contributed by atoms with E-state index in [9.17, 15) is 19.7 Å². The van der Waals surface area contributed by atoms with Gasteiger partial charge in [0.15, 0.2) is 0 Å². The number of para-hydroxylation sites is 1. The van der Waals surface area contributed by atoms with Gasteiger partial charge in [-0.25, -0.2) is 0 Å². The summed E-state index contributed by atoms with van der Waals surface area (Å²) in [7, 11) is 0. The number of rotatable bonds is 5. The van der Waals surface area contributed by atoms with Gasteiger partial charge in [-0.2, -0.15) is 0 Å². The van der Waals surface area contributed by atoms with E-state index in [0.717, 1.165) is 17.4 Å². The Balaban J connectivity index is 1.66. The molecule has 0 aliphatic carbocycles. The molecule has 8 nitrogen and oxygen atoms in total. The molecule has 2 N–H and O–H groups in total. The lowest BCUT2D eigenvalue weighted by atomic mass is 10.0. The van der Waals surface area contributed by atoms with Crippen molar-refractivity contribution in [1.29, 1.82) is 0 Å². The van der Waals surface area contributed by atoms with Crippen LogP contribution in [0.25, 0.3) is 0 Å². The zero-order valence-corrected chi connectivity index (χ0v) is 15.7. The predicted molar refractivity (Wildman–Crippen MR) is 102 cm³/mol. The minimum Gasteiger partial charge on any atom is -0.493 e. The Labute approximate surface area is 166 Å². The number of nitro benzene ring substituents is 1. The third kappa shape index (κ3) is 4.23. The fraction of sp³-hybridized carbons (Fsp3) is 0.263. The van der Waals surface area contributed by atoms with Crippen molar-refractivity contribution in [3.63, 3.8) is 0 Å². The zero-order valence-electron chi connectivity index (χ0n) is 15.0. The van der Waals surface area contributed by atoms with Crippen molar-refractivity contribution in [3.8, 4) is 5.75 Å². The molecule has 2 atom stereocenters. The number of carbonyl (C=O) groups is 2. The normalized spacial score (nSPS) is 16.3. The van der Waals surface area contributed by atoms with E-state index in [1.54, 1.807) is 6.92 Å². The van der Waals surface area contributed by atoms with Crippen LogP contribution in [0.4, 0.5) is 5.69 Å². The molecular formula is C19H18ClN3O5. The van der Waals surface area contributed by atoms with Crippen LogP contribution in [-0.2, 0) is 4.79 Å². The first kappa shape index (κ1) is 19.6. The number of benzene rings is 2. The van der Waals surface area contributed by atoms with Gasteiger partial charge in [-0.05, 0) is 25.1 Å². The highest BCUT2D eigenvalue weighted by atomic mass is 35.5. The van der Waals surface area contributed by atoms with Gasteiger partial charge in [0.1, 0.15) is 16.8 Å². The molecule has 0 aromatic heterocycles. The molecule has 2 aromatic rings. The van der Waals surface area contributed by atoms with Crippen molar-refractivity contribution in [2.75, 3.05) is 6.61 Å². The quantitative estimate of drug-likeness (QED) is 0.589. The molecule has 146 valence electrons. The molecule has 0 bridgehead atoms. The van der Waals surface area contributed by atoms with E-state index in [1.807, 2.05) is 24.3 Å². The number of fused-ring (bicyclic) bond motifs is 1. The molecule has 0 radical (unpaired) electrons. The van der Waals surface area contributed by atoms with Crippen molar-refractivity contribution < 1.29 is 19.2 Å². The van der Waals surface area contributed by atoms with Gasteiger partial charge in [0.2, 0.25) is 5.91 Å². The van der Waals surface area contributed by atoms with Crippen LogP contribution < -0.4 is 15.4 Å². The van der Waals surface area contributed by atoms with Gasteiger partial charge in [-0.15, -0.1) is 0 Å². The Morgan fingerprint density at radius 2 is 2.04 bits per heavy atom. The van der Waals surface area contributed by atoms with E-state index < -0.39 is 16.9 Å². The third-order valence-corrected chi connectivity index (χ3v) is 4.74. The monoisotopic (exact) mass is 403 g/mol. The van der Waals surface area contributed by atoms with Crippen LogP contribution in [0.1, 0.15) is 35.3 Å². The van der Waals surface area contributed by atoms with E-state index >= 15 is 0 Å². The molecule has 0 fully saturated rings. The fourth-order valence-electron chi connectivity index (χ4n) is 2.93. The standard InChI is InChI=1S/C19H18ClN3O5/c1-11(21-19(25)12-6-7-14(20)16(10-12)23(26)27)18(24)22-15-8-9-28-17-5-3-2-4-13(15)17/h2-7,10-11,15H,8-9H2,1H3,(H,21,25)(H,22,24)/t11-,15-/m0/s1. The molecular weight excluding hydrogens is 386 g/mol. The van der Waals surface area contributed by atoms with Crippen molar-refractivity contribution in [3.05, 3.63) is 68.7 Å². The van der Waals surface area contributed by atoms with Crippen LogP contribution >= 0.6 is 11.6 Å². The zero-order chi connectivity index (χ0) is 20.3. The second-order valence-electron chi connectivity index (χ2n) is 6.35. The van der Waals surface area contributed by atoms with Gasteiger partial charge in [0.05, 0.1) is 17.6 Å². The number of amides is 2. The summed E-state index contributed by atoms with van der Waals surface area (Å²) in [5, 5.41) is 16.4. The van der Waals surface area contributed by atoms with Gasteiger partial charge < -0.3 is 15.4 Å². The lowest BCUT2D eigenvalue weighted by Gasteiger charge is -2.27. The Morgan fingerprint density at radius 3 is 2.79 bits per heavy atom. The number of nitrogens with one attached hydrogen (secondary N) is 2. The maximum absolute atomic E-state index is 12.5. The summed E-state index contributed by atoms with van der Waals surface area (Å²) >= 11 is 5.75. The smallest absolute Gasteiger partial charge is 0.288 e. The molecule has 0 spiro atoms. The minimum absolute atomic E-state index is 0.0483. The molecule has 1 aliphatic rings. The molecule has 0 saturated carbocycles. The third-order valence-electron chi connectivity index (χ3n) is 4.42. The lowest BCUT2D eigenvalue weighted by Crippen LogP contribution is -2.46. The summed E-state index contributed by atoms with van der Waals surface area (Å²) in [5.41, 5.74) is 0.561. The van der Waals surface area contributed by atoms with Gasteiger partial charge in [-0.1, -0.05) is 29.8 Å². The second-order valence-corrected chi connectivity index (χ2v) is 6.76. The first-order valence-electron chi connectivity index (χ1n) is 8.63. The summed E-state index contributed by atoms with van der Waals surface area (Å²) in [5.74, 6) is -0.238. The Hall–Kier alpha value is -3.13. The van der Waals surface area contributed by atoms with Gasteiger partial charge in [0, 0.05) is 23.6 Å². The van der Waals surface area contributed by atoms with Crippen LogP contribution in [0.5, 0.6) is 5.75 Å². The lowest BCUT2D eigenvalue weighted by molar-refractivity contribution is -0.384. The first-order chi connectivity index (χ1) is 13.4. The van der Waals surface area contributed by atoms with Crippen molar-refractivity contribution >= 4 is 29.1 Å². The first-order valence-corrected chi connectivity index (χ1v) is 9.01. The molecule has 3 rings (SSSR count). The number of ether oxygens (including phenoxy) is 1. The van der Waals surface area contributed by atoms with Crippen molar-refractivity contribution in [1.82, 2.24) is 10.6 Å². The molecule has 0 unspecified atom stereocenters. The molecule has 9 heteroatoms. The Kier molecular flexibility index (Phi) is 5.79. The summed E-state index contributed by atoms with van der Waals surface area (Å²) in [6, 6.07) is 10.1. The van der Waals surface area contributed by atoms with E-state index in [4.69, 9.17) is 16.3 Å². The molecule has 2 aromatic carbocycles. The highest BCUT2D eigenvalue weighted by molar-refractivity contribution is 6.32. The number of nitro groups is 1. The Bertz CT molecular complexity index is 934. The maximum atomic E-state index is 12.5. The maximum Gasteiger partial charge on any atom is 0.288 e. The second kappa shape index (κ2) is 8.26. The molecule has 28 heavy (non-hydrogen) atoms. The summed E-state index contributed by atoms with van der Waals surface area (Å²) < 4.78 is 5.57. The number of halogens is 1. The Morgan fingerprint density at radius 1 is 1.29 bits per heavy atom. The average Bonchev–Trinajstić information content (AvgIpc) is 2.68. The van der Waals surface area contributed by atoms with E-state index in [0.29, 0.717) is 13.0 Å². The number of nitrogens with zero attached hydrogens (tertiary/aromatic N) is 1. The van der Waals surface area contributed by atoms with Crippen molar-refractivity contribution in [2.45, 2.75) is 25.4 Å². The van der Waals surface area contributed by atoms with Gasteiger partial charge in [-0.3, -0.25) is 19.7 Å². The largest absolute Gasteiger partial charge is 0.493 e. The minimum atomic E-state index is -0.836. The van der Waals surface area contributed by atoms with E-state index in [1.165, 1.54) is 12.1 Å². The molecule has 1 heterocycles. The number of hydrogen-bond donors (Lipinski definition) is 2. The summed E-state index contributed by atoms with van der Waals surface area (Å²) in [6.45, 7) is 2.03. The van der Waals surface area contributed by atoms with E-state index in [2.05, 4.69) is 10.6 Å². The summed E-state index contributed by atoms with van der Waals surface area (Å²) in [4.78, 5) is 35.2. The van der Waals surface area contributed by atoms with Crippen LogP contribution in [0.15, 0.2) is 42.5 Å². The van der Waals surface area contributed by atoms with Crippen LogP contribution in [-0.4, -0.2) is 29.4 Å². The molecule has 1 aliphatic heterocycles. The topological polar surface area (TPSA) is 111 Å². The highest BCUT2D eigenvalue weighted by Crippen LogP contribution is 2.31. The molecule has 2 amide bonds. The number of hydrogen-bond acceptors (Lipinski definition) is 5. The highest BCUT2D eigenvalue weighted by Gasteiger charge is 2.26. The van der Waals surface area contributed by atoms with Crippen molar-refractivity contribution in [2.24, 2.45) is 0 Å². The van der Waals surface area contributed by atoms with Crippen LogP contribution in [0, 0.1) is 10.1 Å².